The van der Waals surface area contributed by atoms with E-state index in [1.165, 1.54) is 6.20 Å². The van der Waals surface area contributed by atoms with Crippen LogP contribution in [0.25, 0.3) is 0 Å². The molecule has 2 atom stereocenters. The topological polar surface area (TPSA) is 62.2 Å². The lowest BCUT2D eigenvalue weighted by Crippen LogP contribution is -2.34. The summed E-state index contributed by atoms with van der Waals surface area (Å²) in [4.78, 5) is 15.9. The lowest BCUT2D eigenvalue weighted by molar-refractivity contribution is 0.0912. The first-order valence-corrected chi connectivity index (χ1v) is 7.09. The maximum atomic E-state index is 12.0. The van der Waals surface area contributed by atoms with Crippen molar-refractivity contribution in [2.24, 2.45) is 0 Å². The Morgan fingerprint density at radius 1 is 1.29 bits per heavy atom. The van der Waals surface area contributed by atoms with Crippen LogP contribution < -0.4 is 5.32 Å². The van der Waals surface area contributed by atoms with E-state index in [0.29, 0.717) is 17.1 Å². The van der Waals surface area contributed by atoms with E-state index in [9.17, 15) is 9.90 Å². The summed E-state index contributed by atoms with van der Waals surface area (Å²) in [5, 5.41) is 13.4. The van der Waals surface area contributed by atoms with Gasteiger partial charge in [0.25, 0.3) is 5.91 Å². The second-order valence-electron chi connectivity index (χ2n) is 4.90. The average Bonchev–Trinajstić information content (AvgIpc) is 2.48. The van der Waals surface area contributed by atoms with Crippen molar-refractivity contribution in [1.29, 1.82) is 0 Å². The van der Waals surface area contributed by atoms with Crippen LogP contribution >= 0.6 is 11.6 Å². The molecule has 0 aliphatic heterocycles. The molecule has 0 aliphatic carbocycles. The van der Waals surface area contributed by atoms with E-state index < -0.39 is 6.10 Å². The number of rotatable bonds is 5. The third kappa shape index (κ3) is 4.55. The van der Waals surface area contributed by atoms with Crippen LogP contribution in [0.4, 0.5) is 0 Å². The van der Waals surface area contributed by atoms with E-state index in [2.05, 4.69) is 10.3 Å². The number of nitrogens with one attached hydrogen (secondary N) is 1. The highest BCUT2D eigenvalue weighted by Gasteiger charge is 2.15. The Kier molecular flexibility index (Phi) is 5.31. The van der Waals surface area contributed by atoms with Gasteiger partial charge in [0.2, 0.25) is 0 Å². The number of aliphatic hydroxyl groups excluding tert-OH is 1. The van der Waals surface area contributed by atoms with Gasteiger partial charge >= 0.3 is 0 Å². The largest absolute Gasteiger partial charge is 0.388 e. The van der Waals surface area contributed by atoms with Crippen LogP contribution in [0.2, 0.25) is 5.02 Å². The second kappa shape index (κ2) is 7.20. The minimum absolute atomic E-state index is 0.176. The molecule has 0 radical (unpaired) electrons. The molecule has 1 aromatic heterocycles. The van der Waals surface area contributed by atoms with E-state index >= 15 is 0 Å². The Hall–Kier alpha value is -1.91. The van der Waals surface area contributed by atoms with Crippen LogP contribution in [0, 0.1) is 0 Å². The van der Waals surface area contributed by atoms with Crippen molar-refractivity contribution in [3.63, 3.8) is 0 Å². The number of aromatic nitrogens is 1. The van der Waals surface area contributed by atoms with Gasteiger partial charge < -0.3 is 10.4 Å². The predicted molar refractivity (Wildman–Crippen MR) is 82.2 cm³/mol. The fourth-order valence-electron chi connectivity index (χ4n) is 2.01. The van der Waals surface area contributed by atoms with Crippen molar-refractivity contribution in [3.8, 4) is 0 Å². The maximum Gasteiger partial charge on any atom is 0.270 e. The normalized spacial score (nSPS) is 13.5. The smallest absolute Gasteiger partial charge is 0.270 e. The highest BCUT2D eigenvalue weighted by atomic mass is 35.5. The van der Waals surface area contributed by atoms with Crippen LogP contribution in [0.15, 0.2) is 48.7 Å². The van der Waals surface area contributed by atoms with Crippen LogP contribution in [-0.4, -0.2) is 22.0 Å². The number of carbonyl (C=O) groups excluding carboxylic acids is 1. The summed E-state index contributed by atoms with van der Waals surface area (Å²) >= 11 is 5.73. The number of pyridine rings is 1. The van der Waals surface area contributed by atoms with Gasteiger partial charge in [-0.2, -0.15) is 0 Å². The van der Waals surface area contributed by atoms with E-state index in [0.717, 1.165) is 5.56 Å². The molecule has 2 N–H and O–H groups in total. The van der Waals surface area contributed by atoms with Gasteiger partial charge in [0.05, 0.1) is 11.1 Å². The summed E-state index contributed by atoms with van der Waals surface area (Å²) < 4.78 is 0. The van der Waals surface area contributed by atoms with Crippen molar-refractivity contribution in [1.82, 2.24) is 10.3 Å². The Morgan fingerprint density at radius 2 is 2.00 bits per heavy atom. The molecule has 5 heteroatoms. The fraction of sp³-hybridized carbons (Fsp3) is 0.250. The zero-order valence-electron chi connectivity index (χ0n) is 11.7. The Bertz CT molecular complexity index is 587. The predicted octanol–water partition coefficient (Wildman–Crippen LogP) is 2.98. The number of aliphatic hydroxyl groups is 1. The summed E-state index contributed by atoms with van der Waals surface area (Å²) in [7, 11) is 0. The van der Waals surface area contributed by atoms with Crippen LogP contribution in [0.1, 0.15) is 35.5 Å². The van der Waals surface area contributed by atoms with Crippen LogP contribution in [0.5, 0.6) is 0 Å². The lowest BCUT2D eigenvalue weighted by Gasteiger charge is -2.18. The van der Waals surface area contributed by atoms with E-state index in [1.807, 2.05) is 37.3 Å². The number of halogens is 1. The summed E-state index contributed by atoms with van der Waals surface area (Å²) in [6.45, 7) is 1.85. The highest BCUT2D eigenvalue weighted by molar-refractivity contribution is 6.30. The Balaban J connectivity index is 1.91. The van der Waals surface area contributed by atoms with Crippen molar-refractivity contribution in [3.05, 3.63) is 64.9 Å². The number of benzene rings is 1. The van der Waals surface area contributed by atoms with E-state index in [4.69, 9.17) is 11.6 Å². The molecule has 2 rings (SSSR count). The number of amides is 1. The monoisotopic (exact) mass is 304 g/mol. The first-order valence-electron chi connectivity index (χ1n) is 6.71. The summed E-state index contributed by atoms with van der Waals surface area (Å²) in [5.74, 6) is -0.278. The molecule has 0 fully saturated rings. The average molecular weight is 305 g/mol. The van der Waals surface area contributed by atoms with Crippen molar-refractivity contribution in [2.45, 2.75) is 25.5 Å². The molecule has 110 valence electrons. The van der Waals surface area contributed by atoms with Gasteiger partial charge in [0.15, 0.2) is 0 Å². The lowest BCUT2D eigenvalue weighted by atomic mass is 10.0. The number of nitrogens with zero attached hydrogens (tertiary/aromatic N) is 1. The molecular formula is C16H17ClN2O2. The van der Waals surface area contributed by atoms with Crippen molar-refractivity contribution in [2.75, 3.05) is 0 Å². The fourth-order valence-corrected chi connectivity index (χ4v) is 2.12. The van der Waals surface area contributed by atoms with Gasteiger partial charge in [-0.25, -0.2) is 4.98 Å². The quantitative estimate of drug-likeness (QED) is 0.892. The first kappa shape index (κ1) is 15.5. The van der Waals surface area contributed by atoms with Gasteiger partial charge in [0, 0.05) is 12.2 Å². The molecule has 1 amide bonds. The summed E-state index contributed by atoms with van der Waals surface area (Å²) in [5.41, 5.74) is 1.14. The minimum Gasteiger partial charge on any atom is -0.388 e. The molecule has 21 heavy (non-hydrogen) atoms. The molecular weight excluding hydrogens is 288 g/mol. The van der Waals surface area contributed by atoms with Crippen LogP contribution in [-0.2, 0) is 0 Å². The number of carbonyl (C=O) groups is 1. The molecule has 0 bridgehead atoms. The van der Waals surface area contributed by atoms with Gasteiger partial charge in [0.1, 0.15) is 5.69 Å². The van der Waals surface area contributed by atoms with Gasteiger partial charge in [-0.3, -0.25) is 4.79 Å². The molecule has 0 unspecified atom stereocenters. The second-order valence-corrected chi connectivity index (χ2v) is 5.33. The first-order chi connectivity index (χ1) is 10.1. The molecule has 1 aromatic carbocycles. The summed E-state index contributed by atoms with van der Waals surface area (Å²) in [6, 6.07) is 12.4. The van der Waals surface area contributed by atoms with Crippen LogP contribution in [0.3, 0.4) is 0 Å². The van der Waals surface area contributed by atoms with Gasteiger partial charge in [-0.15, -0.1) is 0 Å². The third-order valence-corrected chi connectivity index (χ3v) is 3.32. The highest BCUT2D eigenvalue weighted by Crippen LogP contribution is 2.17. The third-order valence-electron chi connectivity index (χ3n) is 3.10. The van der Waals surface area contributed by atoms with Gasteiger partial charge in [-0.05, 0) is 31.0 Å². The van der Waals surface area contributed by atoms with E-state index in [-0.39, 0.29) is 11.9 Å². The van der Waals surface area contributed by atoms with E-state index in [1.54, 1.807) is 12.1 Å². The zero-order chi connectivity index (χ0) is 15.2. The molecule has 0 spiro atoms. The molecule has 2 aromatic rings. The molecule has 4 nitrogen and oxygen atoms in total. The minimum atomic E-state index is -0.611. The maximum absolute atomic E-state index is 12.0. The molecule has 0 aliphatic rings. The zero-order valence-corrected chi connectivity index (χ0v) is 12.4. The number of hydrogen-bond donors (Lipinski definition) is 2. The Morgan fingerprint density at radius 3 is 2.62 bits per heavy atom. The number of hydrogen-bond acceptors (Lipinski definition) is 3. The molecule has 0 saturated heterocycles. The van der Waals surface area contributed by atoms with Crippen molar-refractivity contribution >= 4 is 17.5 Å². The van der Waals surface area contributed by atoms with Crippen molar-refractivity contribution < 1.29 is 9.90 Å². The molecule has 1 heterocycles. The van der Waals surface area contributed by atoms with Gasteiger partial charge in [-0.1, -0.05) is 41.9 Å². The molecule has 0 saturated carbocycles. The Labute approximate surface area is 128 Å². The summed E-state index contributed by atoms with van der Waals surface area (Å²) in [6.07, 6.45) is 1.25. The standard InChI is InChI=1S/C16H17ClN2O2/c1-11(9-15(20)12-5-3-2-4-6-12)19-16(21)14-8-7-13(17)10-18-14/h2-8,10-11,15,20H,9H2,1H3,(H,19,21)/t11-,15+/m0/s1. The SMILES string of the molecule is C[C@@H](C[C@@H](O)c1ccccc1)NC(=O)c1ccc(Cl)cn1.